The Bertz CT molecular complexity index is 259. The Kier molecular flexibility index (Phi) is 5.05. The van der Waals surface area contributed by atoms with Gasteiger partial charge in [0.05, 0.1) is 0 Å². The van der Waals surface area contributed by atoms with E-state index in [1.165, 1.54) is 0 Å². The highest BCUT2D eigenvalue weighted by Crippen LogP contribution is 2.27. The van der Waals surface area contributed by atoms with Crippen LogP contribution < -0.4 is 5.32 Å². The predicted molar refractivity (Wildman–Crippen MR) is 58.5 cm³/mol. The van der Waals surface area contributed by atoms with Crippen LogP contribution in [0.5, 0.6) is 0 Å². The zero-order valence-corrected chi connectivity index (χ0v) is 9.54. The average molecular weight is 213 g/mol. The molecule has 1 unspecified atom stereocenters. The predicted octanol–water partition coefficient (Wildman–Crippen LogP) is 1.57. The second-order valence-electron chi connectivity index (χ2n) is 4.22. The SMILES string of the molecule is C=CC(=O)NC(C(=O)O)C(C)(C)CCC. The Morgan fingerprint density at radius 3 is 2.40 bits per heavy atom. The smallest absolute Gasteiger partial charge is 0.326 e. The lowest BCUT2D eigenvalue weighted by atomic mass is 9.80. The van der Waals surface area contributed by atoms with Gasteiger partial charge in [-0.05, 0) is 17.9 Å². The van der Waals surface area contributed by atoms with Crippen molar-refractivity contribution < 1.29 is 14.7 Å². The fraction of sp³-hybridized carbons (Fsp3) is 0.636. The van der Waals surface area contributed by atoms with E-state index < -0.39 is 23.3 Å². The highest BCUT2D eigenvalue weighted by Gasteiger charge is 2.35. The fourth-order valence-electron chi connectivity index (χ4n) is 1.58. The topological polar surface area (TPSA) is 66.4 Å². The summed E-state index contributed by atoms with van der Waals surface area (Å²) in [5.74, 6) is -1.46. The number of carbonyl (C=O) groups excluding carboxylic acids is 1. The molecule has 0 heterocycles. The van der Waals surface area contributed by atoms with E-state index in [-0.39, 0.29) is 0 Å². The van der Waals surface area contributed by atoms with Gasteiger partial charge in [-0.25, -0.2) is 4.79 Å². The van der Waals surface area contributed by atoms with Gasteiger partial charge in [0.1, 0.15) is 6.04 Å². The van der Waals surface area contributed by atoms with Gasteiger partial charge in [0.2, 0.25) is 5.91 Å². The Morgan fingerprint density at radius 1 is 1.53 bits per heavy atom. The summed E-state index contributed by atoms with van der Waals surface area (Å²) in [5.41, 5.74) is -0.459. The molecule has 1 atom stereocenters. The molecule has 0 aromatic rings. The van der Waals surface area contributed by atoms with Crippen molar-refractivity contribution >= 4 is 11.9 Å². The number of carbonyl (C=O) groups is 2. The molecule has 0 spiro atoms. The minimum atomic E-state index is -1.01. The summed E-state index contributed by atoms with van der Waals surface area (Å²) in [6, 6.07) is -0.872. The molecule has 0 bridgehead atoms. The molecule has 0 fully saturated rings. The number of carboxylic acid groups (broad SMARTS) is 1. The molecule has 1 amide bonds. The van der Waals surface area contributed by atoms with Crippen LogP contribution in [-0.2, 0) is 9.59 Å². The molecular formula is C11H19NO3. The van der Waals surface area contributed by atoms with Crippen LogP contribution in [0.3, 0.4) is 0 Å². The Balaban J connectivity index is 4.72. The molecule has 0 saturated carbocycles. The maximum Gasteiger partial charge on any atom is 0.326 e. The first-order valence-electron chi connectivity index (χ1n) is 5.01. The first-order chi connectivity index (χ1) is 6.85. The maximum atomic E-state index is 11.1. The molecule has 15 heavy (non-hydrogen) atoms. The highest BCUT2D eigenvalue weighted by atomic mass is 16.4. The van der Waals surface area contributed by atoms with Crippen molar-refractivity contribution in [3.63, 3.8) is 0 Å². The molecule has 2 N–H and O–H groups in total. The number of carboxylic acids is 1. The molecular weight excluding hydrogens is 194 g/mol. The number of hydrogen-bond donors (Lipinski definition) is 2. The van der Waals surface area contributed by atoms with Crippen LogP contribution in [0.1, 0.15) is 33.6 Å². The summed E-state index contributed by atoms with van der Waals surface area (Å²) in [5, 5.41) is 11.5. The van der Waals surface area contributed by atoms with E-state index in [1.807, 2.05) is 20.8 Å². The number of hydrogen-bond acceptors (Lipinski definition) is 2. The summed E-state index contributed by atoms with van der Waals surface area (Å²) in [6.45, 7) is 8.94. The molecule has 0 aliphatic heterocycles. The van der Waals surface area contributed by atoms with Crippen LogP contribution in [0, 0.1) is 5.41 Å². The quantitative estimate of drug-likeness (QED) is 0.658. The van der Waals surface area contributed by atoms with E-state index in [9.17, 15) is 9.59 Å². The standard InChI is InChI=1S/C11H19NO3/c1-5-7-11(3,4)9(10(14)15)12-8(13)6-2/h6,9H,2,5,7H2,1,3-4H3,(H,12,13)(H,14,15). The van der Waals surface area contributed by atoms with Crippen molar-refractivity contribution in [1.82, 2.24) is 5.32 Å². The third kappa shape index (κ3) is 4.14. The van der Waals surface area contributed by atoms with Crippen molar-refractivity contribution in [2.45, 2.75) is 39.7 Å². The van der Waals surface area contributed by atoms with Gasteiger partial charge < -0.3 is 10.4 Å². The summed E-state index contributed by atoms with van der Waals surface area (Å²) < 4.78 is 0. The minimum absolute atomic E-state index is 0.452. The zero-order valence-electron chi connectivity index (χ0n) is 9.54. The first kappa shape index (κ1) is 13.7. The minimum Gasteiger partial charge on any atom is -0.480 e. The molecule has 0 rings (SSSR count). The largest absolute Gasteiger partial charge is 0.480 e. The van der Waals surface area contributed by atoms with Crippen LogP contribution in [0.4, 0.5) is 0 Å². The monoisotopic (exact) mass is 213 g/mol. The van der Waals surface area contributed by atoms with Crippen molar-refractivity contribution in [3.8, 4) is 0 Å². The number of rotatable bonds is 6. The van der Waals surface area contributed by atoms with Crippen molar-refractivity contribution in [2.24, 2.45) is 5.41 Å². The lowest BCUT2D eigenvalue weighted by Crippen LogP contribution is -2.49. The Labute approximate surface area is 90.4 Å². The van der Waals surface area contributed by atoms with Gasteiger partial charge in [0, 0.05) is 0 Å². The molecule has 0 aliphatic carbocycles. The molecule has 0 aromatic heterocycles. The number of amides is 1. The van der Waals surface area contributed by atoms with Gasteiger partial charge >= 0.3 is 5.97 Å². The first-order valence-corrected chi connectivity index (χ1v) is 5.01. The molecule has 0 radical (unpaired) electrons. The van der Waals surface area contributed by atoms with Crippen LogP contribution in [0.25, 0.3) is 0 Å². The summed E-state index contributed by atoms with van der Waals surface area (Å²) in [6.07, 6.45) is 2.69. The maximum absolute atomic E-state index is 11.1. The molecule has 0 saturated heterocycles. The van der Waals surface area contributed by atoms with Gasteiger partial charge in [-0.2, -0.15) is 0 Å². The van der Waals surface area contributed by atoms with E-state index >= 15 is 0 Å². The van der Waals surface area contributed by atoms with Crippen molar-refractivity contribution in [2.75, 3.05) is 0 Å². The normalized spacial score (nSPS) is 13.0. The fourth-order valence-corrected chi connectivity index (χ4v) is 1.58. The second kappa shape index (κ2) is 5.53. The Morgan fingerprint density at radius 2 is 2.07 bits per heavy atom. The number of aliphatic carboxylic acids is 1. The molecule has 4 heteroatoms. The third-order valence-corrected chi connectivity index (χ3v) is 2.39. The third-order valence-electron chi connectivity index (χ3n) is 2.39. The van der Waals surface area contributed by atoms with Gasteiger partial charge in [-0.1, -0.05) is 33.8 Å². The summed E-state index contributed by atoms with van der Waals surface area (Å²) in [7, 11) is 0. The summed E-state index contributed by atoms with van der Waals surface area (Å²) in [4.78, 5) is 22.1. The van der Waals surface area contributed by atoms with E-state index in [2.05, 4.69) is 11.9 Å². The van der Waals surface area contributed by atoms with Crippen LogP contribution in [0.15, 0.2) is 12.7 Å². The molecule has 4 nitrogen and oxygen atoms in total. The van der Waals surface area contributed by atoms with E-state index in [0.29, 0.717) is 0 Å². The second-order valence-corrected chi connectivity index (χ2v) is 4.22. The number of nitrogens with one attached hydrogen (secondary N) is 1. The summed E-state index contributed by atoms with van der Waals surface area (Å²) >= 11 is 0. The molecule has 86 valence electrons. The van der Waals surface area contributed by atoms with Crippen LogP contribution in [-0.4, -0.2) is 23.0 Å². The van der Waals surface area contributed by atoms with Gasteiger partial charge in [-0.3, -0.25) is 4.79 Å². The van der Waals surface area contributed by atoms with Gasteiger partial charge in [0.25, 0.3) is 0 Å². The van der Waals surface area contributed by atoms with Crippen molar-refractivity contribution in [3.05, 3.63) is 12.7 Å². The Hall–Kier alpha value is -1.32. The lowest BCUT2D eigenvalue weighted by Gasteiger charge is -2.31. The van der Waals surface area contributed by atoms with Crippen LogP contribution in [0.2, 0.25) is 0 Å². The zero-order chi connectivity index (χ0) is 12.1. The highest BCUT2D eigenvalue weighted by molar-refractivity contribution is 5.90. The van der Waals surface area contributed by atoms with E-state index in [1.54, 1.807) is 0 Å². The van der Waals surface area contributed by atoms with Gasteiger partial charge in [0.15, 0.2) is 0 Å². The average Bonchev–Trinajstić information content (AvgIpc) is 2.12. The van der Waals surface area contributed by atoms with E-state index in [0.717, 1.165) is 18.9 Å². The van der Waals surface area contributed by atoms with Crippen LogP contribution >= 0.6 is 0 Å². The molecule has 0 aromatic carbocycles. The van der Waals surface area contributed by atoms with Gasteiger partial charge in [-0.15, -0.1) is 0 Å². The van der Waals surface area contributed by atoms with Crippen molar-refractivity contribution in [1.29, 1.82) is 0 Å². The lowest BCUT2D eigenvalue weighted by molar-refractivity contribution is -0.144. The molecule has 0 aliphatic rings. The van der Waals surface area contributed by atoms with E-state index in [4.69, 9.17) is 5.11 Å².